The minimum absolute atomic E-state index is 0.124. The van der Waals surface area contributed by atoms with Crippen molar-refractivity contribution in [3.63, 3.8) is 0 Å². The van der Waals surface area contributed by atoms with E-state index in [1.165, 1.54) is 6.07 Å². The van der Waals surface area contributed by atoms with Gasteiger partial charge in [0.1, 0.15) is 5.82 Å². The van der Waals surface area contributed by atoms with Gasteiger partial charge in [-0.05, 0) is 43.4 Å². The molecule has 3 rings (SSSR count). The molecule has 1 atom stereocenters. The molecule has 1 aromatic carbocycles. The maximum atomic E-state index is 13.4. The predicted molar refractivity (Wildman–Crippen MR) is 89.4 cm³/mol. The zero-order chi connectivity index (χ0) is 16.5. The summed E-state index contributed by atoms with van der Waals surface area (Å²) in [6.45, 7) is 0.958. The lowest BCUT2D eigenvalue weighted by Crippen LogP contribution is -2.53. The van der Waals surface area contributed by atoms with Gasteiger partial charge in [-0.15, -0.1) is 0 Å². The van der Waals surface area contributed by atoms with Crippen LogP contribution in [0.4, 0.5) is 9.18 Å². The van der Waals surface area contributed by atoms with Gasteiger partial charge in [-0.2, -0.15) is 0 Å². The van der Waals surface area contributed by atoms with Crippen molar-refractivity contribution < 1.29 is 13.4 Å². The van der Waals surface area contributed by atoms with E-state index in [2.05, 4.69) is 10.6 Å². The van der Waals surface area contributed by atoms with E-state index in [9.17, 15) is 13.4 Å². The van der Waals surface area contributed by atoms with Crippen LogP contribution in [0.15, 0.2) is 24.3 Å². The van der Waals surface area contributed by atoms with Crippen molar-refractivity contribution in [2.24, 2.45) is 0 Å². The van der Waals surface area contributed by atoms with Crippen molar-refractivity contribution in [2.45, 2.75) is 42.3 Å². The molecule has 2 aliphatic rings. The number of hydrogen-bond acceptors (Lipinski definition) is 2. The Morgan fingerprint density at radius 3 is 2.43 bits per heavy atom. The first kappa shape index (κ1) is 16.4. The molecule has 0 radical (unpaired) electrons. The van der Waals surface area contributed by atoms with Crippen molar-refractivity contribution in [1.29, 1.82) is 0 Å². The van der Waals surface area contributed by atoms with Gasteiger partial charge in [0.05, 0.1) is 4.75 Å². The Kier molecular flexibility index (Phi) is 4.45. The quantitative estimate of drug-likeness (QED) is 0.837. The molecule has 2 N–H and O–H groups in total. The maximum Gasteiger partial charge on any atom is 0.314 e. The lowest BCUT2D eigenvalue weighted by atomic mass is 9.84. The van der Waals surface area contributed by atoms with Crippen molar-refractivity contribution in [3.8, 4) is 0 Å². The van der Waals surface area contributed by atoms with Crippen molar-refractivity contribution in [3.05, 3.63) is 35.6 Å². The van der Waals surface area contributed by atoms with E-state index < -0.39 is 10.8 Å². The molecule has 2 aliphatic carbocycles. The first-order chi connectivity index (χ1) is 11.0. The molecule has 0 bridgehead atoms. The summed E-state index contributed by atoms with van der Waals surface area (Å²) in [5.41, 5.74) is 0.823. The van der Waals surface area contributed by atoms with E-state index in [0.717, 1.165) is 37.7 Å². The first-order valence-corrected chi connectivity index (χ1v) is 9.63. The molecule has 0 heterocycles. The molecule has 1 unspecified atom stereocenters. The van der Waals surface area contributed by atoms with Gasteiger partial charge in [0.15, 0.2) is 0 Å². The molecule has 6 heteroatoms. The fourth-order valence-electron chi connectivity index (χ4n) is 3.23. The number of urea groups is 1. The third-order valence-electron chi connectivity index (χ3n) is 5.32. The van der Waals surface area contributed by atoms with E-state index in [1.807, 2.05) is 6.07 Å². The van der Waals surface area contributed by atoms with E-state index in [0.29, 0.717) is 13.1 Å². The van der Waals surface area contributed by atoms with Crippen LogP contribution in [0.2, 0.25) is 0 Å². The molecule has 4 nitrogen and oxygen atoms in total. The Morgan fingerprint density at radius 2 is 1.91 bits per heavy atom. The minimum Gasteiger partial charge on any atom is -0.337 e. The second kappa shape index (κ2) is 6.23. The van der Waals surface area contributed by atoms with Gasteiger partial charge in [-0.1, -0.05) is 18.6 Å². The normalized spacial score (nSPS) is 21.8. The summed E-state index contributed by atoms with van der Waals surface area (Å²) < 4.78 is 24.9. The highest BCUT2D eigenvalue weighted by Crippen LogP contribution is 2.47. The van der Waals surface area contributed by atoms with Gasteiger partial charge in [0.2, 0.25) is 0 Å². The van der Waals surface area contributed by atoms with Gasteiger partial charge in [0, 0.05) is 35.6 Å². The van der Waals surface area contributed by atoms with Crippen LogP contribution in [-0.2, 0) is 16.2 Å². The number of hydrogen-bond donors (Lipinski definition) is 2. The Morgan fingerprint density at radius 1 is 1.22 bits per heavy atom. The number of benzene rings is 1. The summed E-state index contributed by atoms with van der Waals surface area (Å²) >= 11 is 0. The molecule has 23 heavy (non-hydrogen) atoms. The standard InChI is InChI=1S/C17H23FN2O2S/c1-23(22)17(6-3-7-17)12-20-15(21)19-11-16(8-9-16)13-4-2-5-14(18)10-13/h2,4-5,10H,3,6-9,11-12H2,1H3,(H2,19,20,21). The number of carbonyl (C=O) groups excluding carboxylic acids is 1. The molecule has 1 aromatic rings. The minimum atomic E-state index is -0.924. The molecular weight excluding hydrogens is 315 g/mol. The van der Waals surface area contributed by atoms with Crippen LogP contribution in [0.25, 0.3) is 0 Å². The van der Waals surface area contributed by atoms with Crippen molar-refractivity contribution in [1.82, 2.24) is 10.6 Å². The molecule has 2 saturated carbocycles. The molecule has 0 aromatic heterocycles. The Hall–Kier alpha value is -1.43. The van der Waals surface area contributed by atoms with E-state index in [-0.39, 0.29) is 22.0 Å². The van der Waals surface area contributed by atoms with E-state index in [1.54, 1.807) is 18.4 Å². The lowest BCUT2D eigenvalue weighted by molar-refractivity contribution is 0.235. The average molecular weight is 338 g/mol. The summed E-state index contributed by atoms with van der Waals surface area (Å²) in [7, 11) is -0.924. The lowest BCUT2D eigenvalue weighted by Gasteiger charge is -2.39. The number of nitrogens with one attached hydrogen (secondary N) is 2. The average Bonchev–Trinajstić information content (AvgIpc) is 3.25. The molecule has 0 aliphatic heterocycles. The monoisotopic (exact) mass is 338 g/mol. The molecule has 0 saturated heterocycles. The Bertz CT molecular complexity index is 627. The second-order valence-electron chi connectivity index (χ2n) is 6.82. The van der Waals surface area contributed by atoms with Gasteiger partial charge in [-0.3, -0.25) is 4.21 Å². The highest BCUT2D eigenvalue weighted by Gasteiger charge is 2.45. The largest absolute Gasteiger partial charge is 0.337 e. The van der Waals surface area contributed by atoms with Crippen LogP contribution >= 0.6 is 0 Å². The number of carbonyl (C=O) groups is 1. The molecule has 0 spiro atoms. The fraction of sp³-hybridized carbons (Fsp3) is 0.588. The summed E-state index contributed by atoms with van der Waals surface area (Å²) in [5.74, 6) is -0.240. The summed E-state index contributed by atoms with van der Waals surface area (Å²) in [6.07, 6.45) is 6.51. The molecular formula is C17H23FN2O2S. The Labute approximate surface area is 138 Å². The van der Waals surface area contributed by atoms with Crippen LogP contribution in [-0.4, -0.2) is 34.3 Å². The van der Waals surface area contributed by atoms with Crippen LogP contribution in [0.5, 0.6) is 0 Å². The van der Waals surface area contributed by atoms with Gasteiger partial charge >= 0.3 is 6.03 Å². The van der Waals surface area contributed by atoms with Crippen molar-refractivity contribution in [2.75, 3.05) is 19.3 Å². The Balaban J connectivity index is 1.50. The van der Waals surface area contributed by atoms with Crippen LogP contribution in [0.1, 0.15) is 37.7 Å². The summed E-state index contributed by atoms with van der Waals surface area (Å²) in [4.78, 5) is 12.0. The van der Waals surface area contributed by atoms with Crippen LogP contribution < -0.4 is 10.6 Å². The van der Waals surface area contributed by atoms with Crippen LogP contribution in [0, 0.1) is 5.82 Å². The van der Waals surface area contributed by atoms with Gasteiger partial charge in [-0.25, -0.2) is 9.18 Å². The van der Waals surface area contributed by atoms with Gasteiger partial charge < -0.3 is 10.6 Å². The third kappa shape index (κ3) is 3.42. The maximum absolute atomic E-state index is 13.4. The summed E-state index contributed by atoms with van der Waals surface area (Å²) in [6, 6.07) is 6.38. The SMILES string of the molecule is CS(=O)C1(CNC(=O)NCC2(c3cccc(F)c3)CC2)CCC1. The second-order valence-corrected chi connectivity index (χ2v) is 8.59. The third-order valence-corrected chi connectivity index (χ3v) is 7.10. The zero-order valence-corrected chi connectivity index (χ0v) is 14.2. The van der Waals surface area contributed by atoms with E-state index >= 15 is 0 Å². The smallest absolute Gasteiger partial charge is 0.314 e. The van der Waals surface area contributed by atoms with Crippen LogP contribution in [0.3, 0.4) is 0 Å². The molecule has 2 fully saturated rings. The van der Waals surface area contributed by atoms with Gasteiger partial charge in [0.25, 0.3) is 0 Å². The van der Waals surface area contributed by atoms with E-state index in [4.69, 9.17) is 0 Å². The molecule has 2 amide bonds. The zero-order valence-electron chi connectivity index (χ0n) is 13.4. The summed E-state index contributed by atoms with van der Waals surface area (Å²) in [5, 5.41) is 5.74. The topological polar surface area (TPSA) is 58.2 Å². The first-order valence-electron chi connectivity index (χ1n) is 8.07. The van der Waals surface area contributed by atoms with Crippen molar-refractivity contribution >= 4 is 16.8 Å². The number of amides is 2. The fourth-order valence-corrected chi connectivity index (χ4v) is 4.37. The number of rotatable bonds is 6. The molecule has 126 valence electrons. The predicted octanol–water partition coefficient (Wildman–Crippen LogP) is 2.46. The highest BCUT2D eigenvalue weighted by atomic mass is 32.2. The highest BCUT2D eigenvalue weighted by molar-refractivity contribution is 7.85. The number of halogens is 1.